The quantitative estimate of drug-likeness (QED) is 0.424. The Balaban J connectivity index is 1.71. The summed E-state index contributed by atoms with van der Waals surface area (Å²) in [5, 5.41) is 1.16. The van der Waals surface area contributed by atoms with Gasteiger partial charge in [-0.15, -0.1) is 0 Å². The first-order chi connectivity index (χ1) is 15.6. The monoisotopic (exact) mass is 448 g/mol. The summed E-state index contributed by atoms with van der Waals surface area (Å²) in [6.07, 6.45) is 0. The van der Waals surface area contributed by atoms with Gasteiger partial charge in [0.05, 0.1) is 7.11 Å². The Kier molecular flexibility index (Phi) is 6.61. The van der Waals surface area contributed by atoms with E-state index < -0.39 is 0 Å². The summed E-state index contributed by atoms with van der Waals surface area (Å²) in [7, 11) is 1.71. The molecule has 2 heterocycles. The molecule has 2 unspecified atom stereocenters. The van der Waals surface area contributed by atoms with Crippen LogP contribution >= 0.6 is 0 Å². The van der Waals surface area contributed by atoms with E-state index >= 15 is 0 Å². The third-order valence-corrected chi connectivity index (χ3v) is 7.16. The SMILES string of the molecule is COc1ccc(CN2CC(c3ccccc3C(C)C)N(C(C)(C)C)CC2C)c2cc(C)oc12. The molecule has 4 nitrogen and oxygen atoms in total. The molecule has 1 aromatic heterocycles. The van der Waals surface area contributed by atoms with Crippen LogP contribution in [0.1, 0.15) is 76.0 Å². The van der Waals surface area contributed by atoms with Gasteiger partial charge in [-0.3, -0.25) is 9.80 Å². The van der Waals surface area contributed by atoms with Crippen LogP contribution in [0.5, 0.6) is 5.75 Å². The van der Waals surface area contributed by atoms with Crippen molar-refractivity contribution in [2.24, 2.45) is 0 Å². The zero-order chi connectivity index (χ0) is 23.9. The molecular formula is C29H40N2O2. The topological polar surface area (TPSA) is 28.9 Å². The van der Waals surface area contributed by atoms with Crippen LogP contribution in [0.25, 0.3) is 11.0 Å². The average molecular weight is 449 g/mol. The largest absolute Gasteiger partial charge is 0.493 e. The molecule has 1 saturated heterocycles. The second-order valence-corrected chi connectivity index (χ2v) is 10.9. The lowest BCUT2D eigenvalue weighted by Gasteiger charge is -2.51. The highest BCUT2D eigenvalue weighted by atomic mass is 16.5. The zero-order valence-electron chi connectivity index (χ0n) is 21.6. The van der Waals surface area contributed by atoms with Crippen LogP contribution in [0.3, 0.4) is 0 Å². The molecule has 0 bridgehead atoms. The van der Waals surface area contributed by atoms with Crippen LogP contribution in [-0.4, -0.2) is 41.6 Å². The van der Waals surface area contributed by atoms with E-state index in [0.717, 1.165) is 42.1 Å². The standard InChI is InChI=1S/C29H40N2O2/c1-19(2)23-11-9-10-12-24(23)26-18-30(20(3)16-31(26)29(5,6)7)17-22-13-14-27(32-8)28-25(22)15-21(4)33-28/h9-15,19-20,26H,16-18H2,1-8H3. The van der Waals surface area contributed by atoms with E-state index in [1.165, 1.54) is 16.7 Å². The molecule has 2 aromatic carbocycles. The van der Waals surface area contributed by atoms with Gasteiger partial charge in [-0.25, -0.2) is 0 Å². The molecule has 4 rings (SSSR count). The first kappa shape index (κ1) is 23.8. The molecule has 0 saturated carbocycles. The number of hydrogen-bond donors (Lipinski definition) is 0. The van der Waals surface area contributed by atoms with Gasteiger partial charge in [0, 0.05) is 42.6 Å². The van der Waals surface area contributed by atoms with E-state index in [1.54, 1.807) is 7.11 Å². The highest BCUT2D eigenvalue weighted by molar-refractivity contribution is 5.87. The minimum atomic E-state index is 0.101. The summed E-state index contributed by atoms with van der Waals surface area (Å²) in [6, 6.07) is 16.2. The number of fused-ring (bicyclic) bond motifs is 1. The van der Waals surface area contributed by atoms with Crippen LogP contribution in [0.2, 0.25) is 0 Å². The fraction of sp³-hybridized carbons (Fsp3) is 0.517. The Hall–Kier alpha value is -2.30. The van der Waals surface area contributed by atoms with Crippen molar-refractivity contribution in [3.8, 4) is 5.75 Å². The number of piperazine rings is 1. The highest BCUT2D eigenvalue weighted by Crippen LogP contribution is 2.38. The third-order valence-electron chi connectivity index (χ3n) is 7.16. The summed E-state index contributed by atoms with van der Waals surface area (Å²) in [6.45, 7) is 19.0. The predicted octanol–water partition coefficient (Wildman–Crippen LogP) is 6.92. The molecule has 33 heavy (non-hydrogen) atoms. The van der Waals surface area contributed by atoms with E-state index in [0.29, 0.717) is 18.0 Å². The van der Waals surface area contributed by atoms with Crippen LogP contribution in [0, 0.1) is 6.92 Å². The molecule has 0 radical (unpaired) electrons. The number of aryl methyl sites for hydroxylation is 1. The lowest BCUT2D eigenvalue weighted by atomic mass is 9.87. The second kappa shape index (κ2) is 9.15. The van der Waals surface area contributed by atoms with Crippen molar-refractivity contribution in [3.63, 3.8) is 0 Å². The number of nitrogens with zero attached hydrogens (tertiary/aromatic N) is 2. The molecule has 1 aliphatic rings. The van der Waals surface area contributed by atoms with Gasteiger partial charge in [-0.05, 0) is 69.4 Å². The van der Waals surface area contributed by atoms with Gasteiger partial charge < -0.3 is 9.15 Å². The van der Waals surface area contributed by atoms with Gasteiger partial charge in [0.25, 0.3) is 0 Å². The van der Waals surface area contributed by atoms with Crippen molar-refractivity contribution in [2.75, 3.05) is 20.2 Å². The van der Waals surface area contributed by atoms with Gasteiger partial charge in [-0.2, -0.15) is 0 Å². The Labute approximate surface area is 199 Å². The number of rotatable bonds is 5. The molecule has 178 valence electrons. The third kappa shape index (κ3) is 4.69. The van der Waals surface area contributed by atoms with E-state index in [2.05, 4.69) is 87.7 Å². The van der Waals surface area contributed by atoms with Crippen molar-refractivity contribution in [1.29, 1.82) is 0 Å². The average Bonchev–Trinajstić information content (AvgIpc) is 3.16. The number of hydrogen-bond acceptors (Lipinski definition) is 4. The van der Waals surface area contributed by atoms with Crippen molar-refractivity contribution in [2.45, 2.75) is 78.6 Å². The molecule has 0 N–H and O–H groups in total. The maximum atomic E-state index is 5.99. The van der Waals surface area contributed by atoms with E-state index in [1.807, 2.05) is 13.0 Å². The molecule has 1 fully saturated rings. The number of furan rings is 1. The fourth-order valence-corrected chi connectivity index (χ4v) is 5.39. The molecular weight excluding hydrogens is 408 g/mol. The summed E-state index contributed by atoms with van der Waals surface area (Å²) < 4.78 is 11.5. The normalized spacial score (nSPS) is 20.6. The maximum absolute atomic E-state index is 5.99. The Bertz CT molecular complexity index is 1110. The van der Waals surface area contributed by atoms with Crippen LogP contribution in [0.4, 0.5) is 0 Å². The van der Waals surface area contributed by atoms with Crippen molar-refractivity contribution in [3.05, 3.63) is 64.9 Å². The fourth-order valence-electron chi connectivity index (χ4n) is 5.39. The lowest BCUT2D eigenvalue weighted by molar-refractivity contribution is -0.0231. The molecule has 0 amide bonds. The number of methoxy groups -OCH3 is 1. The van der Waals surface area contributed by atoms with Crippen molar-refractivity contribution < 1.29 is 9.15 Å². The number of ether oxygens (including phenoxy) is 1. The molecule has 2 atom stereocenters. The van der Waals surface area contributed by atoms with Crippen LogP contribution in [-0.2, 0) is 6.54 Å². The van der Waals surface area contributed by atoms with E-state index in [9.17, 15) is 0 Å². The Morgan fingerprint density at radius 3 is 2.48 bits per heavy atom. The summed E-state index contributed by atoms with van der Waals surface area (Å²) >= 11 is 0. The first-order valence-electron chi connectivity index (χ1n) is 12.3. The van der Waals surface area contributed by atoms with Gasteiger partial charge in [-0.1, -0.05) is 44.2 Å². The van der Waals surface area contributed by atoms with Gasteiger partial charge in [0.2, 0.25) is 0 Å². The van der Waals surface area contributed by atoms with Crippen LogP contribution < -0.4 is 4.74 Å². The zero-order valence-corrected chi connectivity index (χ0v) is 21.6. The van der Waals surface area contributed by atoms with Gasteiger partial charge >= 0.3 is 0 Å². The smallest absolute Gasteiger partial charge is 0.176 e. The highest BCUT2D eigenvalue weighted by Gasteiger charge is 2.39. The van der Waals surface area contributed by atoms with Crippen molar-refractivity contribution in [1.82, 2.24) is 9.80 Å². The predicted molar refractivity (Wildman–Crippen MR) is 137 cm³/mol. The molecule has 1 aliphatic heterocycles. The molecule has 3 aromatic rings. The lowest BCUT2D eigenvalue weighted by Crippen LogP contribution is -2.58. The minimum Gasteiger partial charge on any atom is -0.493 e. The minimum absolute atomic E-state index is 0.101. The van der Waals surface area contributed by atoms with Crippen LogP contribution in [0.15, 0.2) is 46.9 Å². The van der Waals surface area contributed by atoms with E-state index in [4.69, 9.17) is 9.15 Å². The first-order valence-corrected chi connectivity index (χ1v) is 12.3. The number of benzene rings is 2. The maximum Gasteiger partial charge on any atom is 0.176 e. The summed E-state index contributed by atoms with van der Waals surface area (Å²) in [5.41, 5.74) is 5.19. The Morgan fingerprint density at radius 1 is 1.09 bits per heavy atom. The Morgan fingerprint density at radius 2 is 1.82 bits per heavy atom. The summed E-state index contributed by atoms with van der Waals surface area (Å²) in [4.78, 5) is 5.36. The second-order valence-electron chi connectivity index (χ2n) is 10.9. The summed E-state index contributed by atoms with van der Waals surface area (Å²) in [5.74, 6) is 2.23. The molecule has 0 spiro atoms. The van der Waals surface area contributed by atoms with E-state index in [-0.39, 0.29) is 5.54 Å². The van der Waals surface area contributed by atoms with Gasteiger partial charge in [0.15, 0.2) is 11.3 Å². The van der Waals surface area contributed by atoms with Crippen molar-refractivity contribution >= 4 is 11.0 Å². The van der Waals surface area contributed by atoms with Gasteiger partial charge in [0.1, 0.15) is 5.76 Å². The molecule has 0 aliphatic carbocycles. The molecule has 4 heteroatoms.